The van der Waals surface area contributed by atoms with Crippen molar-refractivity contribution < 1.29 is 14.4 Å². The van der Waals surface area contributed by atoms with Crippen LogP contribution in [0.5, 0.6) is 0 Å². The lowest BCUT2D eigenvalue weighted by Crippen LogP contribution is -2.40. The van der Waals surface area contributed by atoms with Crippen LogP contribution in [0.2, 0.25) is 0 Å². The summed E-state index contributed by atoms with van der Waals surface area (Å²) in [7, 11) is 0. The molecule has 0 radical (unpaired) electrons. The number of nitrogens with zero attached hydrogens (tertiary/aromatic N) is 2. The van der Waals surface area contributed by atoms with Gasteiger partial charge in [-0.25, -0.2) is 4.79 Å². The topological polar surface area (TPSA) is 95.7 Å². The van der Waals surface area contributed by atoms with Gasteiger partial charge in [-0.15, -0.1) is 12.4 Å². The summed E-state index contributed by atoms with van der Waals surface area (Å²) in [4.78, 5) is 39.6. The molecule has 0 atom stereocenters. The zero-order valence-corrected chi connectivity index (χ0v) is 16.8. The zero-order valence-electron chi connectivity index (χ0n) is 15.9. The third-order valence-corrected chi connectivity index (χ3v) is 4.42. The number of benzene rings is 1. The average molecular weight is 397 g/mol. The molecule has 0 saturated carbocycles. The number of imide groups is 1. The standard InChI is InChI=1S/C19H28N4O3.ClH/c1-19(2)17(25)23(18(26)21-19)13-6-10-16(24)22(12-7-11-20)14-15-8-4-3-5-9-15;/h3-5,8-9H,6-7,10-14,20H2,1-2H3,(H,21,26);1H. The fourth-order valence-electron chi connectivity index (χ4n) is 2.95. The summed E-state index contributed by atoms with van der Waals surface area (Å²) in [6, 6.07) is 9.41. The third-order valence-electron chi connectivity index (χ3n) is 4.42. The fraction of sp³-hybridized carbons (Fsp3) is 0.526. The smallest absolute Gasteiger partial charge is 0.325 e. The van der Waals surface area contributed by atoms with Gasteiger partial charge in [-0.05, 0) is 38.8 Å². The summed E-state index contributed by atoms with van der Waals surface area (Å²) in [5.41, 5.74) is 5.77. The normalized spacial score (nSPS) is 15.3. The van der Waals surface area contributed by atoms with Crippen LogP contribution in [0.4, 0.5) is 4.79 Å². The van der Waals surface area contributed by atoms with E-state index < -0.39 is 11.6 Å². The maximum absolute atomic E-state index is 12.6. The van der Waals surface area contributed by atoms with E-state index in [4.69, 9.17) is 5.73 Å². The Morgan fingerprint density at radius 3 is 2.41 bits per heavy atom. The van der Waals surface area contributed by atoms with Gasteiger partial charge in [0.1, 0.15) is 5.54 Å². The molecular formula is C19H29ClN4O3. The van der Waals surface area contributed by atoms with E-state index in [1.54, 1.807) is 18.7 Å². The molecule has 3 N–H and O–H groups in total. The summed E-state index contributed by atoms with van der Waals surface area (Å²) >= 11 is 0. The van der Waals surface area contributed by atoms with E-state index in [2.05, 4.69) is 5.32 Å². The van der Waals surface area contributed by atoms with Gasteiger partial charge in [0, 0.05) is 26.1 Å². The first-order valence-electron chi connectivity index (χ1n) is 9.01. The first kappa shape index (κ1) is 22.9. The Kier molecular flexibility index (Phi) is 8.72. The minimum atomic E-state index is -0.873. The molecule has 0 unspecified atom stereocenters. The van der Waals surface area contributed by atoms with Crippen molar-refractivity contribution in [2.45, 2.75) is 45.2 Å². The second-order valence-corrected chi connectivity index (χ2v) is 7.06. The number of amides is 4. The molecule has 27 heavy (non-hydrogen) atoms. The molecule has 8 heteroatoms. The van der Waals surface area contributed by atoms with Gasteiger partial charge in [-0.3, -0.25) is 14.5 Å². The van der Waals surface area contributed by atoms with Crippen molar-refractivity contribution in [2.75, 3.05) is 19.6 Å². The van der Waals surface area contributed by atoms with Crippen molar-refractivity contribution in [3.05, 3.63) is 35.9 Å². The predicted octanol–water partition coefficient (Wildman–Crippen LogP) is 1.90. The molecule has 0 aromatic heterocycles. The van der Waals surface area contributed by atoms with Crippen molar-refractivity contribution in [1.82, 2.24) is 15.1 Å². The highest BCUT2D eigenvalue weighted by molar-refractivity contribution is 6.06. The highest BCUT2D eigenvalue weighted by Gasteiger charge is 2.43. The molecule has 0 bridgehead atoms. The van der Waals surface area contributed by atoms with Gasteiger partial charge in [-0.2, -0.15) is 0 Å². The number of urea groups is 1. The molecule has 1 saturated heterocycles. The Hall–Kier alpha value is -2.12. The molecule has 1 aliphatic rings. The van der Waals surface area contributed by atoms with E-state index in [0.29, 0.717) is 26.1 Å². The molecule has 1 aliphatic heterocycles. The number of rotatable bonds is 9. The highest BCUT2D eigenvalue weighted by atomic mass is 35.5. The van der Waals surface area contributed by atoms with Gasteiger partial charge >= 0.3 is 6.03 Å². The summed E-state index contributed by atoms with van der Waals surface area (Å²) < 4.78 is 0. The molecule has 1 aromatic carbocycles. The minimum absolute atomic E-state index is 0. The molecule has 0 aliphatic carbocycles. The van der Waals surface area contributed by atoms with Crippen molar-refractivity contribution in [3.8, 4) is 0 Å². The summed E-state index contributed by atoms with van der Waals surface area (Å²) in [5, 5.41) is 2.64. The first-order valence-corrected chi connectivity index (χ1v) is 9.01. The maximum atomic E-state index is 12.6. The molecule has 2 rings (SSSR count). The number of halogens is 1. The van der Waals surface area contributed by atoms with Crippen LogP contribution in [0, 0.1) is 0 Å². The van der Waals surface area contributed by atoms with Gasteiger partial charge in [0.25, 0.3) is 5.91 Å². The molecule has 7 nitrogen and oxygen atoms in total. The van der Waals surface area contributed by atoms with Gasteiger partial charge in [0.15, 0.2) is 0 Å². The summed E-state index contributed by atoms with van der Waals surface area (Å²) in [5.74, 6) is -0.243. The third kappa shape index (κ3) is 6.22. The minimum Gasteiger partial charge on any atom is -0.338 e. The molecular weight excluding hydrogens is 368 g/mol. The number of carbonyl (C=O) groups excluding carboxylic acids is 3. The van der Waals surface area contributed by atoms with E-state index in [1.807, 2.05) is 30.3 Å². The Balaban J connectivity index is 0.00000364. The van der Waals surface area contributed by atoms with Crippen molar-refractivity contribution in [1.29, 1.82) is 0 Å². The van der Waals surface area contributed by atoms with Crippen LogP contribution >= 0.6 is 12.4 Å². The molecule has 4 amide bonds. The number of hydrogen-bond acceptors (Lipinski definition) is 4. The van der Waals surface area contributed by atoms with Gasteiger partial charge in [0.2, 0.25) is 5.91 Å². The first-order chi connectivity index (χ1) is 12.3. The van der Waals surface area contributed by atoms with Crippen molar-refractivity contribution in [3.63, 3.8) is 0 Å². The Bertz CT molecular complexity index is 652. The Labute approximate surface area is 166 Å². The lowest BCUT2D eigenvalue weighted by atomic mass is 10.1. The summed E-state index contributed by atoms with van der Waals surface area (Å²) in [6.07, 6.45) is 1.47. The largest absolute Gasteiger partial charge is 0.338 e. The van der Waals surface area contributed by atoms with Crippen LogP contribution in [-0.2, 0) is 16.1 Å². The van der Waals surface area contributed by atoms with Crippen molar-refractivity contribution in [2.24, 2.45) is 5.73 Å². The fourth-order valence-corrected chi connectivity index (χ4v) is 2.95. The lowest BCUT2D eigenvalue weighted by molar-refractivity contribution is -0.133. The Morgan fingerprint density at radius 1 is 1.19 bits per heavy atom. The average Bonchev–Trinajstić information content (AvgIpc) is 2.80. The molecule has 1 heterocycles. The predicted molar refractivity (Wildman–Crippen MR) is 106 cm³/mol. The highest BCUT2D eigenvalue weighted by Crippen LogP contribution is 2.17. The van der Waals surface area contributed by atoms with Crippen LogP contribution < -0.4 is 11.1 Å². The maximum Gasteiger partial charge on any atom is 0.325 e. The van der Waals surface area contributed by atoms with E-state index >= 15 is 0 Å². The molecule has 1 fully saturated rings. The number of hydrogen-bond donors (Lipinski definition) is 2. The zero-order chi connectivity index (χ0) is 19.2. The number of carbonyl (C=O) groups is 3. The van der Waals surface area contributed by atoms with E-state index in [9.17, 15) is 14.4 Å². The van der Waals surface area contributed by atoms with Gasteiger partial charge < -0.3 is 16.0 Å². The SMILES string of the molecule is CC1(C)NC(=O)N(CCCC(=O)N(CCCN)Cc2ccccc2)C1=O.Cl. The second-order valence-electron chi connectivity index (χ2n) is 7.06. The van der Waals surface area contributed by atoms with Crippen LogP contribution in [-0.4, -0.2) is 52.8 Å². The Morgan fingerprint density at radius 2 is 1.85 bits per heavy atom. The molecule has 1 aromatic rings. The van der Waals surface area contributed by atoms with Crippen LogP contribution in [0.3, 0.4) is 0 Å². The van der Waals surface area contributed by atoms with E-state index in [1.165, 1.54) is 4.90 Å². The van der Waals surface area contributed by atoms with Gasteiger partial charge in [0.05, 0.1) is 0 Å². The van der Waals surface area contributed by atoms with E-state index in [0.717, 1.165) is 12.0 Å². The molecule has 0 spiro atoms. The van der Waals surface area contributed by atoms with Crippen LogP contribution in [0.25, 0.3) is 0 Å². The van der Waals surface area contributed by atoms with Crippen LogP contribution in [0.15, 0.2) is 30.3 Å². The van der Waals surface area contributed by atoms with E-state index in [-0.39, 0.29) is 37.2 Å². The monoisotopic (exact) mass is 396 g/mol. The van der Waals surface area contributed by atoms with Gasteiger partial charge in [-0.1, -0.05) is 30.3 Å². The quantitative estimate of drug-likeness (QED) is 0.623. The molecule has 150 valence electrons. The lowest BCUT2D eigenvalue weighted by Gasteiger charge is -2.23. The van der Waals surface area contributed by atoms with Crippen molar-refractivity contribution >= 4 is 30.3 Å². The number of nitrogens with two attached hydrogens (primary N) is 1. The second kappa shape index (κ2) is 10.3. The van der Waals surface area contributed by atoms with Crippen LogP contribution in [0.1, 0.15) is 38.7 Å². The summed E-state index contributed by atoms with van der Waals surface area (Å²) in [6.45, 7) is 5.25. The number of nitrogens with one attached hydrogen (secondary N) is 1.